The molecule has 3 heteroatoms. The largest absolute Gasteiger partial charge is 0.481 e. The molecule has 98 valence electrons. The number of carboxylic acids is 1. The van der Waals surface area contributed by atoms with Crippen LogP contribution in [0.5, 0.6) is 0 Å². The van der Waals surface area contributed by atoms with Crippen molar-refractivity contribution in [3.8, 4) is 0 Å². The van der Waals surface area contributed by atoms with E-state index in [-0.39, 0.29) is 5.92 Å². The minimum Gasteiger partial charge on any atom is -0.481 e. The summed E-state index contributed by atoms with van der Waals surface area (Å²) in [4.78, 5) is 11.1. The predicted molar refractivity (Wildman–Crippen MR) is 67.8 cm³/mol. The zero-order chi connectivity index (χ0) is 12.4. The van der Waals surface area contributed by atoms with Gasteiger partial charge >= 0.3 is 5.97 Å². The van der Waals surface area contributed by atoms with Crippen molar-refractivity contribution in [2.75, 3.05) is 13.1 Å². The van der Waals surface area contributed by atoms with Gasteiger partial charge in [0, 0.05) is 6.54 Å². The highest BCUT2D eigenvalue weighted by atomic mass is 16.4. The Balaban J connectivity index is 1.91. The van der Waals surface area contributed by atoms with Gasteiger partial charge in [0.2, 0.25) is 0 Å². The van der Waals surface area contributed by atoms with Crippen LogP contribution in [0.4, 0.5) is 0 Å². The van der Waals surface area contributed by atoms with Gasteiger partial charge in [-0.15, -0.1) is 0 Å². The summed E-state index contributed by atoms with van der Waals surface area (Å²) in [5, 5.41) is 12.4. The standard InChI is InChI=1S/C14H25NO2/c1-9-3-4-11(5-10(9)2)12-6-13(14(16)17)8-15-7-12/h9-13,15H,3-8H2,1-2H3,(H,16,17). The number of piperidine rings is 1. The number of aliphatic carboxylic acids is 1. The van der Waals surface area contributed by atoms with Crippen LogP contribution in [0.1, 0.15) is 39.5 Å². The highest BCUT2D eigenvalue weighted by Crippen LogP contribution is 2.39. The van der Waals surface area contributed by atoms with E-state index in [0.29, 0.717) is 12.5 Å². The molecule has 3 nitrogen and oxygen atoms in total. The molecular weight excluding hydrogens is 214 g/mol. The van der Waals surface area contributed by atoms with Crippen LogP contribution in [0.2, 0.25) is 0 Å². The number of rotatable bonds is 2. The fourth-order valence-electron chi connectivity index (χ4n) is 3.54. The molecule has 0 bridgehead atoms. The smallest absolute Gasteiger partial charge is 0.307 e. The Morgan fingerprint density at radius 2 is 1.82 bits per heavy atom. The van der Waals surface area contributed by atoms with E-state index < -0.39 is 5.97 Å². The Labute approximate surface area is 104 Å². The van der Waals surface area contributed by atoms with E-state index >= 15 is 0 Å². The molecule has 1 saturated heterocycles. The summed E-state index contributed by atoms with van der Waals surface area (Å²) in [5.41, 5.74) is 0. The second-order valence-electron chi connectivity index (χ2n) is 6.22. The summed E-state index contributed by atoms with van der Waals surface area (Å²) >= 11 is 0. The molecule has 0 radical (unpaired) electrons. The van der Waals surface area contributed by atoms with Gasteiger partial charge in [0.25, 0.3) is 0 Å². The quantitative estimate of drug-likeness (QED) is 0.778. The molecule has 2 fully saturated rings. The molecule has 17 heavy (non-hydrogen) atoms. The average Bonchev–Trinajstić information content (AvgIpc) is 2.33. The fourth-order valence-corrected chi connectivity index (χ4v) is 3.54. The van der Waals surface area contributed by atoms with Crippen LogP contribution in [0.3, 0.4) is 0 Å². The van der Waals surface area contributed by atoms with E-state index in [4.69, 9.17) is 5.11 Å². The van der Waals surface area contributed by atoms with E-state index in [9.17, 15) is 4.79 Å². The topological polar surface area (TPSA) is 49.3 Å². The van der Waals surface area contributed by atoms with E-state index in [2.05, 4.69) is 19.2 Å². The number of hydrogen-bond donors (Lipinski definition) is 2. The lowest BCUT2D eigenvalue weighted by atomic mass is 9.68. The molecule has 1 heterocycles. The summed E-state index contributed by atoms with van der Waals surface area (Å²) in [7, 11) is 0. The van der Waals surface area contributed by atoms with Crippen molar-refractivity contribution in [2.45, 2.75) is 39.5 Å². The van der Waals surface area contributed by atoms with Crippen molar-refractivity contribution in [1.29, 1.82) is 0 Å². The third-order valence-electron chi connectivity index (χ3n) is 5.04. The van der Waals surface area contributed by atoms with Gasteiger partial charge in [0.15, 0.2) is 0 Å². The van der Waals surface area contributed by atoms with Crippen molar-refractivity contribution in [3.63, 3.8) is 0 Å². The molecule has 1 aliphatic carbocycles. The van der Waals surface area contributed by atoms with Gasteiger partial charge in [0.1, 0.15) is 0 Å². The van der Waals surface area contributed by atoms with Crippen molar-refractivity contribution < 1.29 is 9.90 Å². The summed E-state index contributed by atoms with van der Waals surface area (Å²) in [5.74, 6) is 2.19. The van der Waals surface area contributed by atoms with Gasteiger partial charge in [0.05, 0.1) is 5.92 Å². The second kappa shape index (κ2) is 5.38. The normalized spacial score (nSPS) is 43.3. The SMILES string of the molecule is CC1CCC(C2CNCC(C(=O)O)C2)CC1C. The van der Waals surface area contributed by atoms with Crippen LogP contribution >= 0.6 is 0 Å². The molecular formula is C14H25NO2. The maximum Gasteiger partial charge on any atom is 0.307 e. The first-order valence-corrected chi connectivity index (χ1v) is 7.01. The molecule has 1 aliphatic heterocycles. The van der Waals surface area contributed by atoms with Gasteiger partial charge in [-0.05, 0) is 49.5 Å². The summed E-state index contributed by atoms with van der Waals surface area (Å²) in [6, 6.07) is 0. The zero-order valence-electron chi connectivity index (χ0n) is 11.0. The first-order chi connectivity index (χ1) is 8.08. The Morgan fingerprint density at radius 3 is 2.47 bits per heavy atom. The lowest BCUT2D eigenvalue weighted by Crippen LogP contribution is -2.43. The lowest BCUT2D eigenvalue weighted by Gasteiger charge is -2.39. The summed E-state index contributed by atoms with van der Waals surface area (Å²) in [6.07, 6.45) is 4.79. The van der Waals surface area contributed by atoms with Crippen molar-refractivity contribution in [1.82, 2.24) is 5.32 Å². The highest BCUT2D eigenvalue weighted by Gasteiger charge is 2.34. The van der Waals surface area contributed by atoms with Crippen LogP contribution in [0.25, 0.3) is 0 Å². The fraction of sp³-hybridized carbons (Fsp3) is 0.929. The molecule has 2 aliphatic rings. The maximum absolute atomic E-state index is 11.1. The first-order valence-electron chi connectivity index (χ1n) is 7.01. The Bertz CT molecular complexity index is 279. The Hall–Kier alpha value is -0.570. The number of carboxylic acid groups (broad SMARTS) is 1. The van der Waals surface area contributed by atoms with E-state index in [1.807, 2.05) is 0 Å². The van der Waals surface area contributed by atoms with Gasteiger partial charge in [-0.1, -0.05) is 20.3 Å². The monoisotopic (exact) mass is 239 g/mol. The van der Waals surface area contributed by atoms with E-state index in [1.54, 1.807) is 0 Å². The molecule has 5 unspecified atom stereocenters. The summed E-state index contributed by atoms with van der Waals surface area (Å²) < 4.78 is 0. The zero-order valence-corrected chi connectivity index (χ0v) is 11.0. The average molecular weight is 239 g/mol. The van der Waals surface area contributed by atoms with Gasteiger partial charge in [-0.3, -0.25) is 4.79 Å². The molecule has 0 aromatic rings. The number of nitrogens with one attached hydrogen (secondary N) is 1. The van der Waals surface area contributed by atoms with Gasteiger partial charge < -0.3 is 10.4 Å². The van der Waals surface area contributed by atoms with Crippen LogP contribution in [-0.4, -0.2) is 24.2 Å². The summed E-state index contributed by atoms with van der Waals surface area (Å²) in [6.45, 7) is 6.38. The molecule has 0 amide bonds. The maximum atomic E-state index is 11.1. The van der Waals surface area contributed by atoms with Crippen LogP contribution in [-0.2, 0) is 4.79 Å². The van der Waals surface area contributed by atoms with Crippen molar-refractivity contribution in [3.05, 3.63) is 0 Å². The molecule has 2 rings (SSSR count). The van der Waals surface area contributed by atoms with Crippen LogP contribution < -0.4 is 5.32 Å². The third kappa shape index (κ3) is 3.01. The Kier molecular flexibility index (Phi) is 4.08. The van der Waals surface area contributed by atoms with Crippen molar-refractivity contribution in [2.24, 2.45) is 29.6 Å². The number of hydrogen-bond acceptors (Lipinski definition) is 2. The van der Waals surface area contributed by atoms with Crippen LogP contribution in [0.15, 0.2) is 0 Å². The van der Waals surface area contributed by atoms with E-state index in [0.717, 1.165) is 30.7 Å². The van der Waals surface area contributed by atoms with Crippen molar-refractivity contribution >= 4 is 5.97 Å². The third-order valence-corrected chi connectivity index (χ3v) is 5.04. The molecule has 5 atom stereocenters. The molecule has 0 aromatic heterocycles. The molecule has 0 spiro atoms. The molecule has 1 saturated carbocycles. The molecule has 0 aromatic carbocycles. The Morgan fingerprint density at radius 1 is 1.06 bits per heavy atom. The lowest BCUT2D eigenvalue weighted by molar-refractivity contribution is -0.143. The molecule has 2 N–H and O–H groups in total. The minimum absolute atomic E-state index is 0.164. The predicted octanol–water partition coefficient (Wildman–Crippen LogP) is 2.37. The van der Waals surface area contributed by atoms with E-state index in [1.165, 1.54) is 19.3 Å². The highest BCUT2D eigenvalue weighted by molar-refractivity contribution is 5.70. The first kappa shape index (κ1) is 12.9. The number of carbonyl (C=O) groups is 1. The van der Waals surface area contributed by atoms with Gasteiger partial charge in [-0.2, -0.15) is 0 Å². The second-order valence-corrected chi connectivity index (χ2v) is 6.22. The minimum atomic E-state index is -0.626. The van der Waals surface area contributed by atoms with Gasteiger partial charge in [-0.25, -0.2) is 0 Å². The van der Waals surface area contributed by atoms with Crippen LogP contribution in [0, 0.1) is 29.6 Å².